The molecule has 118 valence electrons. The molecule has 0 atom stereocenters. The van der Waals surface area contributed by atoms with Gasteiger partial charge in [0, 0.05) is 12.1 Å². The third-order valence-corrected chi connectivity index (χ3v) is 3.68. The quantitative estimate of drug-likeness (QED) is 0.255. The normalized spacial score (nSPS) is 10.5. The molecule has 1 aromatic carbocycles. The molecule has 0 aromatic heterocycles. The first-order valence-corrected chi connectivity index (χ1v) is 8.35. The van der Waals surface area contributed by atoms with Crippen LogP contribution in [0.2, 0.25) is 0 Å². The Balaban J connectivity index is 1.98. The van der Waals surface area contributed by atoms with Gasteiger partial charge in [0.2, 0.25) is 0 Å². The number of benzene rings is 1. The smallest absolute Gasteiger partial charge is 0.269 e. The number of nitro groups is 1. The second kappa shape index (κ2) is 11.4. The minimum Gasteiger partial charge on any atom is -0.494 e. The molecule has 4 nitrogen and oxygen atoms in total. The molecule has 0 aliphatic heterocycles. The Morgan fingerprint density at radius 3 is 1.95 bits per heavy atom. The maximum Gasteiger partial charge on any atom is 0.269 e. The van der Waals surface area contributed by atoms with Crippen LogP contribution in [0.4, 0.5) is 5.69 Å². The Labute approximate surface area is 132 Å². The number of hydrogen-bond acceptors (Lipinski definition) is 4. The largest absolute Gasteiger partial charge is 0.494 e. The Hall–Kier alpha value is -1.23. The summed E-state index contributed by atoms with van der Waals surface area (Å²) in [7, 11) is 0. The van der Waals surface area contributed by atoms with Gasteiger partial charge in [-0.2, -0.15) is 12.6 Å². The van der Waals surface area contributed by atoms with E-state index in [9.17, 15) is 10.1 Å². The summed E-state index contributed by atoms with van der Waals surface area (Å²) in [4.78, 5) is 10.1. The van der Waals surface area contributed by atoms with E-state index in [4.69, 9.17) is 4.74 Å². The molecule has 21 heavy (non-hydrogen) atoms. The third-order valence-electron chi connectivity index (χ3n) is 3.37. The number of nitro benzene ring substituents is 1. The zero-order chi connectivity index (χ0) is 15.3. The maximum atomic E-state index is 10.5. The first-order valence-electron chi connectivity index (χ1n) is 7.72. The molecule has 0 aliphatic carbocycles. The summed E-state index contributed by atoms with van der Waals surface area (Å²) >= 11 is 4.20. The van der Waals surface area contributed by atoms with Crippen LogP contribution < -0.4 is 4.74 Å². The van der Waals surface area contributed by atoms with E-state index in [1.54, 1.807) is 12.1 Å². The fraction of sp³-hybridized carbons (Fsp3) is 0.625. The van der Waals surface area contributed by atoms with E-state index in [-0.39, 0.29) is 5.69 Å². The van der Waals surface area contributed by atoms with E-state index in [0.29, 0.717) is 12.4 Å². The lowest BCUT2D eigenvalue weighted by atomic mass is 10.1. The van der Waals surface area contributed by atoms with E-state index in [1.807, 2.05) is 0 Å². The summed E-state index contributed by atoms with van der Waals surface area (Å²) in [5.41, 5.74) is 0.0975. The number of rotatable bonds is 12. The van der Waals surface area contributed by atoms with Crippen LogP contribution >= 0.6 is 12.6 Å². The van der Waals surface area contributed by atoms with Crippen LogP contribution in [-0.4, -0.2) is 17.3 Å². The van der Waals surface area contributed by atoms with Gasteiger partial charge in [-0.15, -0.1) is 0 Å². The van der Waals surface area contributed by atoms with Crippen molar-refractivity contribution in [2.75, 3.05) is 12.4 Å². The van der Waals surface area contributed by atoms with Crippen molar-refractivity contribution in [1.29, 1.82) is 0 Å². The van der Waals surface area contributed by atoms with Crippen LogP contribution in [0.3, 0.4) is 0 Å². The lowest BCUT2D eigenvalue weighted by Crippen LogP contribution is -1.97. The van der Waals surface area contributed by atoms with Crippen LogP contribution in [0.25, 0.3) is 0 Å². The number of nitrogens with zero attached hydrogens (tertiary/aromatic N) is 1. The van der Waals surface area contributed by atoms with Crippen LogP contribution in [-0.2, 0) is 0 Å². The first-order chi connectivity index (χ1) is 10.2. The van der Waals surface area contributed by atoms with Gasteiger partial charge >= 0.3 is 0 Å². The number of unbranched alkanes of at least 4 members (excludes halogenated alkanes) is 7. The van der Waals surface area contributed by atoms with Crippen molar-refractivity contribution < 1.29 is 9.66 Å². The van der Waals surface area contributed by atoms with Crippen molar-refractivity contribution in [3.8, 4) is 5.75 Å². The number of hydrogen-bond donors (Lipinski definition) is 1. The van der Waals surface area contributed by atoms with Crippen LogP contribution in [0.15, 0.2) is 24.3 Å². The molecule has 0 fully saturated rings. The van der Waals surface area contributed by atoms with E-state index in [0.717, 1.165) is 12.2 Å². The standard InChI is InChI=1S/C16H25NO3S/c18-17(19)15-9-11-16(12-10-15)20-13-7-5-3-1-2-4-6-8-14-21/h9-12,21H,1-8,13-14H2. The summed E-state index contributed by atoms with van der Waals surface area (Å²) in [6.45, 7) is 0.678. The second-order valence-electron chi connectivity index (χ2n) is 5.15. The van der Waals surface area contributed by atoms with Gasteiger partial charge in [-0.05, 0) is 30.7 Å². The van der Waals surface area contributed by atoms with Crippen LogP contribution in [0.5, 0.6) is 5.75 Å². The second-order valence-corrected chi connectivity index (χ2v) is 5.60. The van der Waals surface area contributed by atoms with Gasteiger partial charge in [-0.3, -0.25) is 10.1 Å². The van der Waals surface area contributed by atoms with Gasteiger partial charge in [0.05, 0.1) is 11.5 Å². The van der Waals surface area contributed by atoms with Crippen LogP contribution in [0.1, 0.15) is 51.4 Å². The molecular weight excluding hydrogens is 286 g/mol. The molecule has 0 heterocycles. The van der Waals surface area contributed by atoms with Crippen molar-refractivity contribution in [2.24, 2.45) is 0 Å². The molecule has 1 aromatic rings. The highest BCUT2D eigenvalue weighted by atomic mass is 32.1. The average molecular weight is 311 g/mol. The van der Waals surface area contributed by atoms with Gasteiger partial charge in [0.1, 0.15) is 5.75 Å². The Bertz CT molecular complexity index is 395. The summed E-state index contributed by atoms with van der Waals surface area (Å²) in [6.07, 6.45) is 9.93. The van der Waals surface area contributed by atoms with Gasteiger partial charge < -0.3 is 4.74 Å². The SMILES string of the molecule is O=[N+]([O-])c1ccc(OCCCCCCCCCCS)cc1. The Morgan fingerprint density at radius 1 is 0.905 bits per heavy atom. The van der Waals surface area contributed by atoms with E-state index in [2.05, 4.69) is 12.6 Å². The monoisotopic (exact) mass is 311 g/mol. The van der Waals surface area contributed by atoms with Crippen LogP contribution in [0, 0.1) is 10.1 Å². The maximum absolute atomic E-state index is 10.5. The molecule has 0 aliphatic rings. The lowest BCUT2D eigenvalue weighted by molar-refractivity contribution is -0.384. The van der Waals surface area contributed by atoms with Gasteiger partial charge in [-0.1, -0.05) is 38.5 Å². The summed E-state index contributed by atoms with van der Waals surface area (Å²) in [5.74, 6) is 1.70. The zero-order valence-electron chi connectivity index (χ0n) is 12.5. The molecule has 5 heteroatoms. The molecule has 0 amide bonds. The van der Waals surface area contributed by atoms with E-state index >= 15 is 0 Å². The molecular formula is C16H25NO3S. The highest BCUT2D eigenvalue weighted by Crippen LogP contribution is 2.17. The van der Waals surface area contributed by atoms with Crippen molar-refractivity contribution in [3.05, 3.63) is 34.4 Å². The van der Waals surface area contributed by atoms with E-state index in [1.165, 1.54) is 57.1 Å². The molecule has 0 spiro atoms. The number of ether oxygens (including phenoxy) is 1. The predicted molar refractivity (Wildman–Crippen MR) is 89.4 cm³/mol. The van der Waals surface area contributed by atoms with E-state index < -0.39 is 4.92 Å². The predicted octanol–water partition coefficient (Wildman–Crippen LogP) is 5.02. The molecule has 0 unspecified atom stereocenters. The summed E-state index contributed by atoms with van der Waals surface area (Å²) < 4.78 is 5.57. The van der Waals surface area contributed by atoms with Gasteiger partial charge in [0.25, 0.3) is 5.69 Å². The molecule has 0 bridgehead atoms. The summed E-state index contributed by atoms with van der Waals surface area (Å²) in [6, 6.07) is 6.25. The highest BCUT2D eigenvalue weighted by molar-refractivity contribution is 7.80. The molecule has 0 saturated carbocycles. The highest BCUT2D eigenvalue weighted by Gasteiger charge is 2.03. The molecule has 0 radical (unpaired) electrons. The minimum atomic E-state index is -0.403. The molecule has 0 N–H and O–H groups in total. The minimum absolute atomic E-state index is 0.0975. The summed E-state index contributed by atoms with van der Waals surface area (Å²) in [5, 5.41) is 10.5. The zero-order valence-corrected chi connectivity index (χ0v) is 13.4. The number of thiol groups is 1. The van der Waals surface area contributed by atoms with Crippen molar-refractivity contribution in [2.45, 2.75) is 51.4 Å². The van der Waals surface area contributed by atoms with Crippen molar-refractivity contribution >= 4 is 18.3 Å². The Kier molecular flexibility index (Phi) is 9.70. The first kappa shape index (κ1) is 17.8. The topological polar surface area (TPSA) is 52.4 Å². The fourth-order valence-electron chi connectivity index (χ4n) is 2.13. The molecule has 0 saturated heterocycles. The third kappa shape index (κ3) is 8.60. The Morgan fingerprint density at radius 2 is 1.43 bits per heavy atom. The van der Waals surface area contributed by atoms with Gasteiger partial charge in [0.15, 0.2) is 0 Å². The van der Waals surface area contributed by atoms with Crippen molar-refractivity contribution in [1.82, 2.24) is 0 Å². The molecule has 1 rings (SSSR count). The fourth-order valence-corrected chi connectivity index (χ4v) is 2.35. The lowest BCUT2D eigenvalue weighted by Gasteiger charge is -2.06. The average Bonchev–Trinajstić information content (AvgIpc) is 2.49. The van der Waals surface area contributed by atoms with Crippen molar-refractivity contribution in [3.63, 3.8) is 0 Å². The van der Waals surface area contributed by atoms with Gasteiger partial charge in [-0.25, -0.2) is 0 Å². The number of non-ortho nitro benzene ring substituents is 1.